The molecule has 13 heteroatoms. The summed E-state index contributed by atoms with van der Waals surface area (Å²) in [6.07, 6.45) is -4.54. The summed E-state index contributed by atoms with van der Waals surface area (Å²) < 4.78 is 63.6. The smallest absolute Gasteiger partial charge is 0.343 e. The molecule has 0 bridgehead atoms. The maximum absolute atomic E-state index is 12.3. The summed E-state index contributed by atoms with van der Waals surface area (Å²) >= 11 is 0. The molecule has 0 aliphatic carbocycles. The summed E-state index contributed by atoms with van der Waals surface area (Å²) in [6.45, 7) is 2.63. The second-order valence-corrected chi connectivity index (χ2v) is 7.58. The highest BCUT2D eigenvalue weighted by Crippen LogP contribution is 2.14. The molecule has 1 aromatic carbocycles. The Balaban J connectivity index is 0.00000364. The van der Waals surface area contributed by atoms with Crippen LogP contribution in [0, 0.1) is 0 Å². The van der Waals surface area contributed by atoms with Gasteiger partial charge in [0.1, 0.15) is 6.54 Å². The van der Waals surface area contributed by atoms with Crippen molar-refractivity contribution in [1.82, 2.24) is 20.3 Å². The number of halogens is 5. The van der Waals surface area contributed by atoms with Crippen molar-refractivity contribution in [3.8, 4) is 0 Å². The van der Waals surface area contributed by atoms with Gasteiger partial charge in [0.05, 0.1) is 4.90 Å². The number of amides is 1. The molecule has 0 atom stereocenters. The van der Waals surface area contributed by atoms with E-state index < -0.39 is 28.7 Å². The Labute approximate surface area is 174 Å². The van der Waals surface area contributed by atoms with Gasteiger partial charge in [-0.3, -0.25) is 9.69 Å². The van der Waals surface area contributed by atoms with E-state index in [-0.39, 0.29) is 41.8 Å². The average Bonchev–Trinajstić information content (AvgIpc) is 2.60. The third kappa shape index (κ3) is 8.93. The number of benzene rings is 1. The normalized spacial score (nSPS) is 15.2. The maximum Gasteiger partial charge on any atom is 0.405 e. The summed E-state index contributed by atoms with van der Waals surface area (Å²) in [5.41, 5.74) is -0.153. The van der Waals surface area contributed by atoms with Gasteiger partial charge in [-0.25, -0.2) is 13.1 Å². The van der Waals surface area contributed by atoms with Gasteiger partial charge in [0.2, 0.25) is 10.0 Å². The van der Waals surface area contributed by atoms with Crippen LogP contribution in [-0.2, 0) is 10.0 Å². The molecule has 0 unspecified atom stereocenters. The molecule has 0 saturated carbocycles. The van der Waals surface area contributed by atoms with Gasteiger partial charge in [-0.2, -0.15) is 13.2 Å². The number of piperazine rings is 1. The highest BCUT2D eigenvalue weighted by Gasteiger charge is 2.28. The molecule has 1 aliphatic rings. The Kier molecular flexibility index (Phi) is 11.3. The van der Waals surface area contributed by atoms with E-state index in [4.69, 9.17) is 0 Å². The zero-order valence-corrected chi connectivity index (χ0v) is 17.2. The fraction of sp³-hybridized carbons (Fsp3) is 0.533. The van der Waals surface area contributed by atoms with Crippen molar-refractivity contribution >= 4 is 40.7 Å². The quantitative estimate of drug-likeness (QED) is 0.557. The summed E-state index contributed by atoms with van der Waals surface area (Å²) in [5, 5.41) is 4.91. The molecule has 162 valence electrons. The van der Waals surface area contributed by atoms with Crippen molar-refractivity contribution in [2.75, 3.05) is 45.8 Å². The van der Waals surface area contributed by atoms with Gasteiger partial charge < -0.3 is 10.6 Å². The molecule has 2 rings (SSSR count). The molecule has 1 saturated heterocycles. The van der Waals surface area contributed by atoms with Crippen LogP contribution in [0.4, 0.5) is 13.2 Å². The van der Waals surface area contributed by atoms with Crippen LogP contribution < -0.4 is 15.4 Å². The third-order valence-corrected chi connectivity index (χ3v) is 5.24. The van der Waals surface area contributed by atoms with E-state index in [1.165, 1.54) is 18.2 Å². The van der Waals surface area contributed by atoms with E-state index in [1.54, 1.807) is 5.32 Å². The van der Waals surface area contributed by atoms with Gasteiger partial charge in [0, 0.05) is 44.8 Å². The van der Waals surface area contributed by atoms with Crippen molar-refractivity contribution in [1.29, 1.82) is 0 Å². The summed E-state index contributed by atoms with van der Waals surface area (Å²) in [5.74, 6) is -0.986. The van der Waals surface area contributed by atoms with Crippen molar-refractivity contribution < 1.29 is 26.4 Å². The summed E-state index contributed by atoms with van der Waals surface area (Å²) in [4.78, 5) is 13.7. The van der Waals surface area contributed by atoms with Crippen LogP contribution in [0.15, 0.2) is 29.2 Å². The first kappa shape index (κ1) is 26.9. The number of nitrogens with one attached hydrogen (secondary N) is 3. The highest BCUT2D eigenvalue weighted by molar-refractivity contribution is 7.89. The van der Waals surface area contributed by atoms with E-state index in [1.807, 2.05) is 0 Å². The standard InChI is InChI=1S/C15H21F3N4O3S.2ClH/c16-15(17,18)11-20-14(23)12-2-1-3-13(10-12)26(24,25)21-6-9-22-7-4-19-5-8-22;;/h1-3,10,19,21H,4-9,11H2,(H,20,23);2*1H. The molecule has 1 heterocycles. The van der Waals surface area contributed by atoms with E-state index in [2.05, 4.69) is 14.9 Å². The number of hydrogen-bond acceptors (Lipinski definition) is 5. The van der Waals surface area contributed by atoms with Crippen LogP contribution in [0.2, 0.25) is 0 Å². The van der Waals surface area contributed by atoms with Crippen LogP contribution in [-0.4, -0.2) is 71.2 Å². The van der Waals surface area contributed by atoms with E-state index >= 15 is 0 Å². The van der Waals surface area contributed by atoms with Crippen molar-refractivity contribution in [2.45, 2.75) is 11.1 Å². The lowest BCUT2D eigenvalue weighted by Gasteiger charge is -2.27. The fourth-order valence-electron chi connectivity index (χ4n) is 2.44. The largest absolute Gasteiger partial charge is 0.405 e. The third-order valence-electron chi connectivity index (χ3n) is 3.79. The predicted molar refractivity (Wildman–Crippen MR) is 104 cm³/mol. The zero-order chi connectivity index (χ0) is 19.2. The number of hydrogen-bond donors (Lipinski definition) is 3. The Bertz CT molecular complexity index is 729. The number of sulfonamides is 1. The lowest BCUT2D eigenvalue weighted by atomic mass is 10.2. The molecule has 28 heavy (non-hydrogen) atoms. The van der Waals surface area contributed by atoms with Crippen LogP contribution in [0.25, 0.3) is 0 Å². The van der Waals surface area contributed by atoms with Gasteiger partial charge in [0.25, 0.3) is 5.91 Å². The van der Waals surface area contributed by atoms with E-state index in [0.717, 1.165) is 32.2 Å². The first-order valence-corrected chi connectivity index (χ1v) is 9.53. The predicted octanol–water partition coefficient (Wildman–Crippen LogP) is 1.01. The Morgan fingerprint density at radius 1 is 1.18 bits per heavy atom. The van der Waals surface area contributed by atoms with Crippen molar-refractivity contribution in [3.63, 3.8) is 0 Å². The highest BCUT2D eigenvalue weighted by atomic mass is 35.5. The summed E-state index contributed by atoms with van der Waals surface area (Å²) in [6, 6.07) is 4.91. The molecule has 1 fully saturated rings. The molecule has 0 aromatic heterocycles. The zero-order valence-electron chi connectivity index (χ0n) is 14.8. The topological polar surface area (TPSA) is 90.5 Å². The molecular weight excluding hydrogens is 444 g/mol. The van der Waals surface area contributed by atoms with Crippen molar-refractivity contribution in [3.05, 3.63) is 29.8 Å². The molecule has 0 spiro atoms. The minimum Gasteiger partial charge on any atom is -0.343 e. The lowest BCUT2D eigenvalue weighted by molar-refractivity contribution is -0.123. The summed E-state index contributed by atoms with van der Waals surface area (Å²) in [7, 11) is -3.85. The molecule has 1 aliphatic heterocycles. The Morgan fingerprint density at radius 3 is 2.43 bits per heavy atom. The number of carbonyl (C=O) groups excluding carboxylic acids is 1. The second-order valence-electron chi connectivity index (χ2n) is 5.82. The Hall–Kier alpha value is -1.11. The van der Waals surface area contributed by atoms with Crippen LogP contribution in [0.5, 0.6) is 0 Å². The van der Waals surface area contributed by atoms with Crippen LogP contribution >= 0.6 is 24.8 Å². The van der Waals surface area contributed by atoms with Crippen LogP contribution in [0.3, 0.4) is 0 Å². The fourth-order valence-corrected chi connectivity index (χ4v) is 3.51. The van der Waals surface area contributed by atoms with Gasteiger partial charge in [0.15, 0.2) is 0 Å². The minimum absolute atomic E-state index is 0. The van der Waals surface area contributed by atoms with Gasteiger partial charge in [-0.1, -0.05) is 6.07 Å². The first-order chi connectivity index (χ1) is 12.2. The molecule has 1 aromatic rings. The molecular formula is C15H23Cl2F3N4O3S. The van der Waals surface area contributed by atoms with Gasteiger partial charge in [-0.15, -0.1) is 24.8 Å². The lowest BCUT2D eigenvalue weighted by Crippen LogP contribution is -2.46. The molecule has 0 radical (unpaired) electrons. The second kappa shape index (κ2) is 11.8. The van der Waals surface area contributed by atoms with E-state index in [9.17, 15) is 26.4 Å². The maximum atomic E-state index is 12.3. The monoisotopic (exact) mass is 466 g/mol. The number of alkyl halides is 3. The van der Waals surface area contributed by atoms with Gasteiger partial charge in [-0.05, 0) is 18.2 Å². The number of carbonyl (C=O) groups is 1. The molecule has 1 amide bonds. The van der Waals surface area contributed by atoms with Crippen LogP contribution in [0.1, 0.15) is 10.4 Å². The Morgan fingerprint density at radius 2 is 1.82 bits per heavy atom. The first-order valence-electron chi connectivity index (χ1n) is 8.05. The van der Waals surface area contributed by atoms with E-state index in [0.29, 0.717) is 6.54 Å². The molecule has 7 nitrogen and oxygen atoms in total. The molecule has 3 N–H and O–H groups in total. The van der Waals surface area contributed by atoms with Gasteiger partial charge >= 0.3 is 6.18 Å². The number of rotatable bonds is 7. The van der Waals surface area contributed by atoms with Crippen molar-refractivity contribution in [2.24, 2.45) is 0 Å². The minimum atomic E-state index is -4.54. The SMILES string of the molecule is Cl.Cl.O=C(NCC(F)(F)F)c1cccc(S(=O)(=O)NCCN2CCNCC2)c1. The number of nitrogens with zero attached hydrogens (tertiary/aromatic N) is 1. The average molecular weight is 467 g/mol.